The monoisotopic (exact) mass is 267 g/mol. The van der Waals surface area contributed by atoms with Gasteiger partial charge in [0.15, 0.2) is 0 Å². The van der Waals surface area contributed by atoms with Gasteiger partial charge >= 0.3 is 0 Å². The molecule has 5 heteroatoms. The first-order valence-corrected chi connectivity index (χ1v) is 6.20. The van der Waals surface area contributed by atoms with E-state index >= 15 is 0 Å². The molecule has 1 aliphatic rings. The van der Waals surface area contributed by atoms with Crippen LogP contribution < -0.4 is 5.73 Å². The summed E-state index contributed by atoms with van der Waals surface area (Å²) in [4.78, 5) is 4.34. The second-order valence-electron chi connectivity index (χ2n) is 4.21. The second-order valence-corrected chi connectivity index (χ2v) is 5.03. The third-order valence-corrected chi connectivity index (χ3v) is 3.60. The van der Waals surface area contributed by atoms with Crippen molar-refractivity contribution in [1.29, 1.82) is 0 Å². The molecular weight excluding hydrogens is 257 g/mol. The number of nitrogens with zero attached hydrogens (tertiary/aromatic N) is 2. The van der Waals surface area contributed by atoms with Crippen LogP contribution in [0.15, 0.2) is 24.5 Å². The summed E-state index contributed by atoms with van der Waals surface area (Å²) in [5, 5.41) is 1.15. The van der Waals surface area contributed by atoms with Crippen molar-refractivity contribution in [3.63, 3.8) is 0 Å². The van der Waals surface area contributed by atoms with Gasteiger partial charge in [0.05, 0.1) is 16.4 Å². The molecule has 1 fully saturated rings. The highest BCUT2D eigenvalue weighted by Gasteiger charge is 2.27. The Hall–Kier alpha value is -1.19. The van der Waals surface area contributed by atoms with Gasteiger partial charge < -0.3 is 10.3 Å². The molecule has 0 saturated heterocycles. The molecule has 1 aromatic heterocycles. The molecule has 3 rings (SSSR count). The van der Waals surface area contributed by atoms with E-state index in [1.54, 1.807) is 18.5 Å². The zero-order valence-corrected chi connectivity index (χ0v) is 10.5. The van der Waals surface area contributed by atoms with E-state index in [4.69, 9.17) is 28.9 Å². The Morgan fingerprint density at radius 3 is 2.47 bits per heavy atom. The zero-order chi connectivity index (χ0) is 12.0. The van der Waals surface area contributed by atoms with Gasteiger partial charge in [0.1, 0.15) is 11.5 Å². The maximum absolute atomic E-state index is 6.15. The lowest BCUT2D eigenvalue weighted by atomic mass is 10.1. The lowest BCUT2D eigenvalue weighted by molar-refractivity contribution is 0.751. The number of anilines is 1. The Labute approximate surface area is 109 Å². The molecule has 1 aromatic carbocycles. The molecule has 3 nitrogen and oxygen atoms in total. The topological polar surface area (TPSA) is 43.8 Å². The Morgan fingerprint density at radius 2 is 1.88 bits per heavy atom. The maximum Gasteiger partial charge on any atom is 0.131 e. The average Bonchev–Trinajstić information content (AvgIpc) is 3.05. The number of benzene rings is 1. The first-order chi connectivity index (χ1) is 8.18. The van der Waals surface area contributed by atoms with Gasteiger partial charge in [0, 0.05) is 11.6 Å². The molecule has 0 atom stereocenters. The Morgan fingerprint density at radius 1 is 1.24 bits per heavy atom. The van der Waals surface area contributed by atoms with Crippen LogP contribution in [0.5, 0.6) is 0 Å². The van der Waals surface area contributed by atoms with Crippen LogP contribution in [-0.2, 0) is 0 Å². The number of hydrogen-bond acceptors (Lipinski definition) is 2. The van der Waals surface area contributed by atoms with Crippen molar-refractivity contribution in [3.05, 3.63) is 34.6 Å². The second kappa shape index (κ2) is 3.93. The molecule has 0 unspecified atom stereocenters. The average molecular weight is 268 g/mol. The van der Waals surface area contributed by atoms with Crippen molar-refractivity contribution in [1.82, 2.24) is 9.55 Å². The summed E-state index contributed by atoms with van der Waals surface area (Å²) in [5.41, 5.74) is 7.49. The molecule has 0 amide bonds. The van der Waals surface area contributed by atoms with Gasteiger partial charge in [-0.25, -0.2) is 4.98 Å². The summed E-state index contributed by atoms with van der Waals surface area (Å²) in [6.07, 6.45) is 4.09. The predicted molar refractivity (Wildman–Crippen MR) is 70.4 cm³/mol. The predicted octanol–water partition coefficient (Wildman–Crippen LogP) is 3.77. The van der Waals surface area contributed by atoms with E-state index < -0.39 is 0 Å². The number of aromatic nitrogens is 2. The summed E-state index contributed by atoms with van der Waals surface area (Å²) in [6.45, 7) is 0. The number of hydrogen-bond donors (Lipinski definition) is 1. The molecule has 88 valence electrons. The smallest absolute Gasteiger partial charge is 0.131 e. The molecule has 1 aliphatic carbocycles. The number of nitrogens with two attached hydrogens (primary N) is 1. The number of nitrogen functional groups attached to an aromatic ring is 1. The Bertz CT molecular complexity index is 553. The first-order valence-electron chi connectivity index (χ1n) is 5.45. The van der Waals surface area contributed by atoms with Crippen molar-refractivity contribution in [2.75, 3.05) is 5.73 Å². The summed E-state index contributed by atoms with van der Waals surface area (Å²) in [5.74, 6) is 0.641. The minimum atomic E-state index is 0.498. The minimum Gasteiger partial charge on any atom is -0.383 e. The molecule has 2 N–H and O–H groups in total. The van der Waals surface area contributed by atoms with Crippen LogP contribution in [-0.4, -0.2) is 9.55 Å². The first kappa shape index (κ1) is 10.9. The molecular formula is C12H11Cl2N3. The summed E-state index contributed by atoms with van der Waals surface area (Å²) in [7, 11) is 0. The summed E-state index contributed by atoms with van der Waals surface area (Å²) >= 11 is 12.3. The fraction of sp³-hybridized carbons (Fsp3) is 0.250. The molecule has 0 spiro atoms. The molecule has 0 radical (unpaired) electrons. The largest absolute Gasteiger partial charge is 0.383 e. The fourth-order valence-electron chi connectivity index (χ4n) is 1.93. The lowest BCUT2D eigenvalue weighted by Gasteiger charge is -2.06. The number of imidazole rings is 1. The molecule has 1 heterocycles. The summed E-state index contributed by atoms with van der Waals surface area (Å²) < 4.78 is 2.00. The van der Waals surface area contributed by atoms with E-state index in [-0.39, 0.29) is 0 Å². The Balaban J connectivity index is 2.15. The highest BCUT2D eigenvalue weighted by molar-refractivity contribution is 6.39. The van der Waals surface area contributed by atoms with Crippen molar-refractivity contribution < 1.29 is 0 Å². The molecule has 17 heavy (non-hydrogen) atoms. The van der Waals surface area contributed by atoms with Gasteiger partial charge in [-0.3, -0.25) is 0 Å². The van der Waals surface area contributed by atoms with Gasteiger partial charge in [-0.05, 0) is 25.0 Å². The summed E-state index contributed by atoms with van der Waals surface area (Å²) in [6, 6.07) is 5.89. The van der Waals surface area contributed by atoms with Crippen molar-refractivity contribution in [2.45, 2.75) is 18.9 Å². The van der Waals surface area contributed by atoms with Crippen LogP contribution in [0.3, 0.4) is 0 Å². The van der Waals surface area contributed by atoms with Gasteiger partial charge in [-0.15, -0.1) is 0 Å². The highest BCUT2D eigenvalue weighted by atomic mass is 35.5. The van der Waals surface area contributed by atoms with Gasteiger partial charge in [-0.2, -0.15) is 0 Å². The van der Waals surface area contributed by atoms with Crippen LogP contribution in [0.25, 0.3) is 11.3 Å². The fourth-order valence-corrected chi connectivity index (χ4v) is 2.51. The van der Waals surface area contributed by atoms with E-state index in [9.17, 15) is 0 Å². The lowest BCUT2D eigenvalue weighted by Crippen LogP contribution is -1.99. The molecule has 2 aromatic rings. The van der Waals surface area contributed by atoms with Crippen molar-refractivity contribution in [3.8, 4) is 11.3 Å². The third kappa shape index (κ3) is 1.79. The quantitative estimate of drug-likeness (QED) is 0.900. The van der Waals surface area contributed by atoms with E-state index in [1.807, 2.05) is 10.6 Å². The highest BCUT2D eigenvalue weighted by Crippen LogP contribution is 2.42. The van der Waals surface area contributed by atoms with Crippen LogP contribution >= 0.6 is 23.2 Å². The van der Waals surface area contributed by atoms with E-state index in [2.05, 4.69) is 4.98 Å². The standard InChI is InChI=1S/C12H11Cl2N3/c13-8-2-1-3-9(14)10(8)11-12(15)17(6-16-11)7-4-5-7/h1-3,6-7H,4-5,15H2. The van der Waals surface area contributed by atoms with Gasteiger partial charge in [-0.1, -0.05) is 29.3 Å². The van der Waals surface area contributed by atoms with Crippen LogP contribution in [0.2, 0.25) is 10.0 Å². The molecule has 1 saturated carbocycles. The van der Waals surface area contributed by atoms with Crippen molar-refractivity contribution in [2.24, 2.45) is 0 Å². The van der Waals surface area contributed by atoms with E-state index in [0.29, 0.717) is 33.2 Å². The van der Waals surface area contributed by atoms with Gasteiger partial charge in [0.2, 0.25) is 0 Å². The molecule has 0 aliphatic heterocycles. The SMILES string of the molecule is Nc1c(-c2c(Cl)cccc2Cl)ncn1C1CC1. The minimum absolute atomic E-state index is 0.498. The third-order valence-electron chi connectivity index (χ3n) is 2.97. The van der Waals surface area contributed by atoms with E-state index in [0.717, 1.165) is 12.8 Å². The zero-order valence-electron chi connectivity index (χ0n) is 9.03. The van der Waals surface area contributed by atoms with Crippen LogP contribution in [0.4, 0.5) is 5.82 Å². The Kier molecular flexibility index (Phi) is 2.53. The normalized spacial score (nSPS) is 15.2. The van der Waals surface area contributed by atoms with Gasteiger partial charge in [0.25, 0.3) is 0 Å². The number of halogens is 2. The molecule has 0 bridgehead atoms. The maximum atomic E-state index is 6.15. The van der Waals surface area contributed by atoms with E-state index in [1.165, 1.54) is 0 Å². The van der Waals surface area contributed by atoms with Crippen LogP contribution in [0, 0.1) is 0 Å². The van der Waals surface area contributed by atoms with Crippen LogP contribution in [0.1, 0.15) is 18.9 Å². The van der Waals surface area contributed by atoms with Crippen molar-refractivity contribution >= 4 is 29.0 Å². The number of rotatable bonds is 2.